The highest BCUT2D eigenvalue weighted by Crippen LogP contribution is 2.44. The van der Waals surface area contributed by atoms with Crippen LogP contribution in [0.15, 0.2) is 146 Å². The number of esters is 4. The smallest absolute Gasteiger partial charge is 0.340 e. The van der Waals surface area contributed by atoms with Crippen LogP contribution in [0.1, 0.15) is 72.6 Å². The summed E-state index contributed by atoms with van der Waals surface area (Å²) in [4.78, 5) is 69.1. The van der Waals surface area contributed by atoms with Crippen LogP contribution in [0.5, 0.6) is 28.7 Å². The second-order valence-electron chi connectivity index (χ2n) is 18.9. The summed E-state index contributed by atoms with van der Waals surface area (Å²) >= 11 is 10.7. The van der Waals surface area contributed by atoms with Gasteiger partial charge in [-0.2, -0.15) is 0 Å². The maximum atomic E-state index is 16.2. The fourth-order valence-corrected chi connectivity index (χ4v) is 8.96. The van der Waals surface area contributed by atoms with E-state index in [1.165, 1.54) is 127 Å². The Morgan fingerprint density at radius 1 is 0.528 bits per heavy atom. The molecule has 0 radical (unpaired) electrons. The number of aromatic nitrogens is 1. The van der Waals surface area contributed by atoms with E-state index in [-0.39, 0.29) is 22.3 Å². The molecule has 0 bridgehead atoms. The summed E-state index contributed by atoms with van der Waals surface area (Å²) in [6, 6.07) is 34.5. The summed E-state index contributed by atoms with van der Waals surface area (Å²) < 4.78 is 81.9. The molecule has 2 N–H and O–H groups in total. The van der Waals surface area contributed by atoms with E-state index in [1.54, 1.807) is 68.0 Å². The molecule has 0 amide bonds. The topological polar surface area (TPSA) is 247 Å². The molecule has 26 heteroatoms. The van der Waals surface area contributed by atoms with E-state index in [0.717, 1.165) is 0 Å². The number of hydrogen-bond donors (Lipinski definition) is 2. The van der Waals surface area contributed by atoms with Crippen molar-refractivity contribution in [3.63, 3.8) is 0 Å². The molecule has 5 aromatic carbocycles. The molecule has 89 heavy (non-hydrogen) atoms. The van der Waals surface area contributed by atoms with Gasteiger partial charge in [0.05, 0.1) is 64.4 Å². The van der Waals surface area contributed by atoms with Crippen molar-refractivity contribution in [3.05, 3.63) is 174 Å². The molecule has 0 unspecified atom stereocenters. The van der Waals surface area contributed by atoms with Gasteiger partial charge in [0.25, 0.3) is 27.0 Å². The summed E-state index contributed by atoms with van der Waals surface area (Å²) in [6.45, 7) is 8.99. The lowest BCUT2D eigenvalue weighted by Gasteiger charge is -2.25. The van der Waals surface area contributed by atoms with Crippen molar-refractivity contribution >= 4 is 78.3 Å². The van der Waals surface area contributed by atoms with E-state index >= 15 is 4.39 Å². The van der Waals surface area contributed by atoms with E-state index in [2.05, 4.69) is 62.5 Å². The first-order chi connectivity index (χ1) is 42.4. The van der Waals surface area contributed by atoms with Crippen LogP contribution < -0.4 is 28.6 Å². The predicted molar refractivity (Wildman–Crippen MR) is 333 cm³/mol. The van der Waals surface area contributed by atoms with Crippen LogP contribution in [0.25, 0.3) is 0 Å². The van der Waals surface area contributed by atoms with E-state index in [4.69, 9.17) is 68.8 Å². The van der Waals surface area contributed by atoms with Gasteiger partial charge in [-0.3, -0.25) is 9.78 Å². The van der Waals surface area contributed by atoms with Gasteiger partial charge in [-0.15, -0.1) is 0 Å². The highest BCUT2D eigenvalue weighted by molar-refractivity contribution is 9.10. The van der Waals surface area contributed by atoms with E-state index < -0.39 is 88.5 Å². The van der Waals surface area contributed by atoms with Crippen LogP contribution in [-0.4, -0.2) is 178 Å². The Hall–Kier alpha value is -7.49. The Balaban J connectivity index is 0.000000288. The minimum atomic E-state index is -2.70. The Labute approximate surface area is 537 Å². The zero-order chi connectivity index (χ0) is 65.8. The van der Waals surface area contributed by atoms with Crippen molar-refractivity contribution in [2.75, 3.05) is 87.4 Å². The fraction of sp³-hybridized carbons (Fsp3) is 0.365. The molecule has 482 valence electrons. The minimum absolute atomic E-state index is 0.0962. The zero-order valence-electron chi connectivity index (χ0n) is 50.5. The summed E-state index contributed by atoms with van der Waals surface area (Å²) in [5.41, 5.74) is 2.23. The van der Waals surface area contributed by atoms with Gasteiger partial charge >= 0.3 is 23.9 Å². The molecule has 2 aliphatic rings. The lowest BCUT2D eigenvalue weighted by atomic mass is 10.1. The van der Waals surface area contributed by atoms with Gasteiger partial charge < -0.3 is 72.1 Å². The van der Waals surface area contributed by atoms with Crippen molar-refractivity contribution in [2.45, 2.75) is 66.9 Å². The quantitative estimate of drug-likeness (QED) is 0.0312. The second kappa shape index (κ2) is 36.9. The van der Waals surface area contributed by atoms with Gasteiger partial charge in [0.15, 0.2) is 6.10 Å². The molecular weight excluding hydrogens is 1320 g/mol. The van der Waals surface area contributed by atoms with Crippen LogP contribution in [0.2, 0.25) is 0 Å². The third-order valence-electron chi connectivity index (χ3n) is 13.1. The van der Waals surface area contributed by atoms with Crippen LogP contribution >= 0.6 is 43.5 Å². The molecule has 2 aliphatic heterocycles. The number of pyridine rings is 1. The normalized spacial score (nSPS) is 20.3. The number of alkyl halides is 4. The Morgan fingerprint density at radius 3 is 1.15 bits per heavy atom. The molecule has 2 fully saturated rings. The largest absolute Gasteiger partial charge is 0.497 e. The summed E-state index contributed by atoms with van der Waals surface area (Å²) in [7, 11) is 11.5. The fourth-order valence-electron chi connectivity index (χ4n) is 7.75. The standard InChI is InChI=1S/C29H26BrFO10.C13H14BrFO6.C8H7ClO2.C7H10N2.C6H15N/c1-35-20-10-4-17(5-11-20)25(32)38-16-23-24(40-26(33)18-6-12-21(36-2)13-7-18)29(30,31)28(39-23)41-27(34)19-8-14-22(37-3)15-9-19;1-19-8-4-2-7(3-5-8)11(18)21-12-13(14,15)10(17)9(6-16)20-12;1-11-7-4-2-6(3-5-7)8(9)10;1-9(2)7-3-5-8-6-4-7;1-4-7(5-2)6-3/h4-15,23-24,28H,16H2,1-3H3;2-5,9-10,12,16-17H,6H2,1H3;2-5H,1H3;3-6H,1-2H3;4-6H2,1-3H3/t23-,24-,28-,29-;9-,10-,12-,13-;;;/m11.../s1. The first kappa shape index (κ1) is 74.0. The average molecular weight is 1390 g/mol. The molecule has 1 aromatic heterocycles. The zero-order valence-corrected chi connectivity index (χ0v) is 54.4. The lowest BCUT2D eigenvalue weighted by Crippen LogP contribution is -2.44. The van der Waals surface area contributed by atoms with Crippen LogP contribution in [-0.2, 0) is 28.4 Å². The SMILES string of the molecule is CCN(CC)CC.CN(C)c1ccncc1.COc1ccc(C(=O)Cl)cc1.COc1ccc(C(=O)OC[C@H]2O[C@H](OC(=O)c3ccc(OC)cc3)[C@@](F)(Br)[C@@H]2OC(=O)c2ccc(OC)cc2)cc1.COc1ccc(C(=O)O[C@H]2O[C@H](CO)[C@@H](O)[C@]2(F)Br)cc1. The highest BCUT2D eigenvalue weighted by atomic mass is 79.9. The van der Waals surface area contributed by atoms with E-state index in [0.29, 0.717) is 34.3 Å². The summed E-state index contributed by atoms with van der Waals surface area (Å²) in [5, 5.41) is 18.1. The number of ether oxygens (including phenoxy) is 11. The third-order valence-corrected chi connectivity index (χ3v) is 14.9. The third kappa shape index (κ3) is 22.2. The van der Waals surface area contributed by atoms with Crippen molar-refractivity contribution in [1.82, 2.24) is 9.88 Å². The lowest BCUT2D eigenvalue weighted by molar-refractivity contribution is -0.133. The van der Waals surface area contributed by atoms with E-state index in [9.17, 15) is 33.5 Å². The van der Waals surface area contributed by atoms with E-state index in [1.807, 2.05) is 31.1 Å². The van der Waals surface area contributed by atoms with Crippen molar-refractivity contribution < 1.29 is 95.1 Å². The number of anilines is 1. The van der Waals surface area contributed by atoms with Gasteiger partial charge in [-0.25, -0.2) is 28.0 Å². The van der Waals surface area contributed by atoms with Gasteiger partial charge in [0, 0.05) is 37.7 Å². The van der Waals surface area contributed by atoms with Crippen LogP contribution in [0, 0.1) is 0 Å². The molecular formula is C63H72Br2ClF2N3O18. The maximum absolute atomic E-state index is 16.2. The molecule has 2 saturated heterocycles. The Bertz CT molecular complexity index is 3110. The van der Waals surface area contributed by atoms with Gasteiger partial charge in [-0.1, -0.05) is 20.8 Å². The van der Waals surface area contributed by atoms with Crippen molar-refractivity contribution in [3.8, 4) is 28.7 Å². The Kier molecular flexibility index (Phi) is 30.6. The predicted octanol–water partition coefficient (Wildman–Crippen LogP) is 10.3. The highest BCUT2D eigenvalue weighted by Gasteiger charge is 2.62. The van der Waals surface area contributed by atoms with Crippen LogP contribution in [0.4, 0.5) is 14.5 Å². The maximum Gasteiger partial charge on any atom is 0.340 e. The number of methoxy groups -OCH3 is 5. The number of halogens is 5. The number of hydrogen-bond acceptors (Lipinski definition) is 21. The van der Waals surface area contributed by atoms with Gasteiger partial charge in [0.2, 0.25) is 0 Å². The second-order valence-corrected chi connectivity index (χ2v) is 21.6. The number of nitrogens with zero attached hydrogens (tertiary/aromatic N) is 3. The first-order valence-corrected chi connectivity index (χ1v) is 29.3. The average Bonchev–Trinajstić information content (AvgIpc) is 1.90. The molecule has 21 nitrogen and oxygen atoms in total. The molecule has 8 rings (SSSR count). The molecule has 0 spiro atoms. The van der Waals surface area contributed by atoms with Gasteiger partial charge in [-0.05, 0) is 197 Å². The number of carbonyl (C=O) groups is 5. The minimum Gasteiger partial charge on any atom is -0.497 e. The summed E-state index contributed by atoms with van der Waals surface area (Å²) in [5.74, 6) is -0.556. The monoisotopic (exact) mass is 1390 g/mol. The molecule has 8 atom stereocenters. The molecule has 6 aromatic rings. The Morgan fingerprint density at radius 2 is 0.854 bits per heavy atom. The van der Waals surface area contributed by atoms with Gasteiger partial charge in [0.1, 0.15) is 53.7 Å². The molecule has 0 saturated carbocycles. The van der Waals surface area contributed by atoms with Crippen LogP contribution in [0.3, 0.4) is 0 Å². The number of aliphatic hydroxyl groups excluding tert-OH is 2. The van der Waals surface area contributed by atoms with Crippen molar-refractivity contribution in [1.29, 1.82) is 0 Å². The number of carbonyl (C=O) groups excluding carboxylic acids is 5. The molecule has 3 heterocycles. The number of benzene rings is 5. The molecule has 0 aliphatic carbocycles. The number of rotatable bonds is 20. The van der Waals surface area contributed by atoms with Crippen molar-refractivity contribution in [2.24, 2.45) is 0 Å². The first-order valence-electron chi connectivity index (χ1n) is 27.3. The summed E-state index contributed by atoms with van der Waals surface area (Å²) in [6.07, 6.45) is -5.83. The number of aliphatic hydroxyl groups is 2.